The summed E-state index contributed by atoms with van der Waals surface area (Å²) in [5.41, 5.74) is 1.87. The van der Waals surface area contributed by atoms with Gasteiger partial charge in [0.05, 0.1) is 32.7 Å². The molecule has 3 rings (SSSR count). The molecule has 8 heteroatoms. The van der Waals surface area contributed by atoms with Crippen molar-refractivity contribution < 1.29 is 14.5 Å². The second-order valence-corrected chi connectivity index (χ2v) is 7.13. The van der Waals surface area contributed by atoms with E-state index in [0.29, 0.717) is 6.54 Å². The van der Waals surface area contributed by atoms with E-state index >= 15 is 0 Å². The summed E-state index contributed by atoms with van der Waals surface area (Å²) in [5, 5.41) is 2.82. The van der Waals surface area contributed by atoms with Crippen LogP contribution in [0, 0.1) is 6.92 Å². The normalized spacial score (nSPS) is 14.6. The summed E-state index contributed by atoms with van der Waals surface area (Å²) in [6.45, 7) is 5.73. The van der Waals surface area contributed by atoms with Gasteiger partial charge in [-0.25, -0.2) is 9.97 Å². The van der Waals surface area contributed by atoms with Crippen LogP contribution in [0.2, 0.25) is 0 Å². The third-order valence-corrected chi connectivity index (χ3v) is 4.85. The first-order valence-electron chi connectivity index (χ1n) is 9.47. The van der Waals surface area contributed by atoms with Gasteiger partial charge in [0.15, 0.2) is 6.54 Å². The van der Waals surface area contributed by atoms with E-state index in [1.807, 2.05) is 31.2 Å². The van der Waals surface area contributed by atoms with Crippen LogP contribution in [0.25, 0.3) is 0 Å². The molecule has 2 aromatic rings. The number of benzene rings is 1. The zero-order valence-corrected chi connectivity index (χ0v) is 16.4. The second-order valence-electron chi connectivity index (χ2n) is 7.13. The highest BCUT2D eigenvalue weighted by Gasteiger charge is 2.25. The number of aromatic nitrogens is 2. The fraction of sp³-hybridized carbons (Fsp3) is 0.400. The lowest BCUT2D eigenvalue weighted by atomic mass is 10.2. The molecule has 0 saturated carbocycles. The Hall–Kier alpha value is -3.00. The molecule has 28 heavy (non-hydrogen) atoms. The van der Waals surface area contributed by atoms with Gasteiger partial charge in [-0.05, 0) is 25.1 Å². The number of amides is 2. The summed E-state index contributed by atoms with van der Waals surface area (Å²) in [4.78, 5) is 38.0. The molecule has 2 amide bonds. The van der Waals surface area contributed by atoms with Crippen LogP contribution >= 0.6 is 0 Å². The molecule has 1 aromatic heterocycles. The quantitative estimate of drug-likeness (QED) is 0.709. The highest BCUT2D eigenvalue weighted by Crippen LogP contribution is 2.08. The van der Waals surface area contributed by atoms with Gasteiger partial charge >= 0.3 is 0 Å². The number of hydrogen-bond donors (Lipinski definition) is 2. The van der Waals surface area contributed by atoms with Crippen LogP contribution in [-0.4, -0.2) is 73.0 Å². The van der Waals surface area contributed by atoms with Gasteiger partial charge in [-0.2, -0.15) is 0 Å². The number of carbonyl (C=O) groups excluding carboxylic acids is 2. The Morgan fingerprint density at radius 2 is 1.79 bits per heavy atom. The number of carbonyl (C=O) groups is 2. The Bertz CT molecular complexity index is 788. The number of hydrogen-bond acceptors (Lipinski definition) is 5. The molecule has 0 atom stereocenters. The molecule has 0 radical (unpaired) electrons. The van der Waals surface area contributed by atoms with Gasteiger partial charge in [-0.1, -0.05) is 17.7 Å². The molecule has 1 aromatic carbocycles. The average molecular weight is 383 g/mol. The number of nitrogens with zero attached hydrogens (tertiary/aromatic N) is 4. The number of nitrogens with one attached hydrogen (secondary N) is 2. The van der Waals surface area contributed by atoms with E-state index < -0.39 is 0 Å². The second kappa shape index (κ2) is 9.27. The molecule has 1 aliphatic rings. The van der Waals surface area contributed by atoms with E-state index in [1.54, 1.807) is 25.5 Å². The van der Waals surface area contributed by atoms with Gasteiger partial charge in [0, 0.05) is 25.1 Å². The first kappa shape index (κ1) is 19.8. The number of anilines is 2. The fourth-order valence-corrected chi connectivity index (χ4v) is 3.14. The van der Waals surface area contributed by atoms with E-state index in [0.717, 1.165) is 43.4 Å². The third-order valence-electron chi connectivity index (χ3n) is 4.85. The van der Waals surface area contributed by atoms with Crippen molar-refractivity contribution in [3.8, 4) is 0 Å². The van der Waals surface area contributed by atoms with E-state index in [-0.39, 0.29) is 18.4 Å². The molecule has 1 aliphatic heterocycles. The predicted octanol–water partition coefficient (Wildman–Crippen LogP) is -0.413. The van der Waals surface area contributed by atoms with Crippen molar-refractivity contribution in [2.45, 2.75) is 6.92 Å². The zero-order chi connectivity index (χ0) is 19.9. The number of rotatable bonds is 6. The van der Waals surface area contributed by atoms with Crippen molar-refractivity contribution in [1.29, 1.82) is 0 Å². The fourth-order valence-electron chi connectivity index (χ4n) is 3.14. The number of piperazine rings is 1. The molecule has 8 nitrogen and oxygen atoms in total. The molecule has 1 saturated heterocycles. The van der Waals surface area contributed by atoms with Gasteiger partial charge in [0.2, 0.25) is 11.9 Å². The smallest absolute Gasteiger partial charge is 0.277 e. The van der Waals surface area contributed by atoms with Crippen molar-refractivity contribution in [3.05, 3.63) is 48.3 Å². The standard InChI is InChI=1S/C20H26N6O2/c1-16-4-6-17(7-5-16)23-18(27)14-24(2)19(28)15-25-10-12-26(13-11-25)20-21-8-3-9-22-20/h3-9H,10-15H2,1-2H3,(H,23,27)/p+1. The number of aryl methyl sites for hydroxylation is 1. The third kappa shape index (κ3) is 5.50. The summed E-state index contributed by atoms with van der Waals surface area (Å²) >= 11 is 0. The molecule has 2 heterocycles. The average Bonchev–Trinajstić information content (AvgIpc) is 2.71. The van der Waals surface area contributed by atoms with Crippen LogP contribution in [-0.2, 0) is 9.59 Å². The van der Waals surface area contributed by atoms with E-state index in [1.165, 1.54) is 9.80 Å². The van der Waals surface area contributed by atoms with Crippen molar-refractivity contribution >= 4 is 23.5 Å². The van der Waals surface area contributed by atoms with Crippen LogP contribution in [0.3, 0.4) is 0 Å². The molecular weight excluding hydrogens is 356 g/mol. The van der Waals surface area contributed by atoms with Crippen LogP contribution in [0.4, 0.5) is 11.6 Å². The monoisotopic (exact) mass is 383 g/mol. The van der Waals surface area contributed by atoms with Gasteiger partial charge in [0.1, 0.15) is 0 Å². The number of quaternary nitrogens is 1. The van der Waals surface area contributed by atoms with Crippen molar-refractivity contribution in [2.75, 3.05) is 56.5 Å². The Labute approximate surface area is 165 Å². The molecular formula is C20H27N6O2+. The first-order valence-corrected chi connectivity index (χ1v) is 9.47. The number of likely N-dealkylation sites (N-methyl/N-ethyl adjacent to an activating group) is 1. The lowest BCUT2D eigenvalue weighted by molar-refractivity contribution is -0.892. The molecule has 0 bridgehead atoms. The highest BCUT2D eigenvalue weighted by molar-refractivity contribution is 5.94. The van der Waals surface area contributed by atoms with Crippen LogP contribution in [0.1, 0.15) is 5.56 Å². The van der Waals surface area contributed by atoms with Crippen LogP contribution < -0.4 is 15.1 Å². The lowest BCUT2D eigenvalue weighted by Gasteiger charge is -2.32. The van der Waals surface area contributed by atoms with Crippen LogP contribution in [0.5, 0.6) is 0 Å². The van der Waals surface area contributed by atoms with Gasteiger partial charge in [-0.15, -0.1) is 0 Å². The summed E-state index contributed by atoms with van der Waals surface area (Å²) < 4.78 is 0. The summed E-state index contributed by atoms with van der Waals surface area (Å²) in [6.07, 6.45) is 3.48. The Kier molecular flexibility index (Phi) is 6.54. The van der Waals surface area contributed by atoms with Crippen LogP contribution in [0.15, 0.2) is 42.7 Å². The largest absolute Gasteiger partial charge is 0.332 e. The minimum atomic E-state index is -0.194. The Morgan fingerprint density at radius 3 is 2.43 bits per heavy atom. The summed E-state index contributed by atoms with van der Waals surface area (Å²) in [6, 6.07) is 9.39. The first-order chi connectivity index (χ1) is 13.5. The highest BCUT2D eigenvalue weighted by atomic mass is 16.2. The van der Waals surface area contributed by atoms with E-state index in [4.69, 9.17) is 0 Å². The maximum absolute atomic E-state index is 12.5. The topological polar surface area (TPSA) is 82.9 Å². The Morgan fingerprint density at radius 1 is 1.14 bits per heavy atom. The lowest BCUT2D eigenvalue weighted by Crippen LogP contribution is -3.15. The molecule has 0 spiro atoms. The van der Waals surface area contributed by atoms with Crippen molar-refractivity contribution in [3.63, 3.8) is 0 Å². The summed E-state index contributed by atoms with van der Waals surface area (Å²) in [7, 11) is 1.67. The maximum atomic E-state index is 12.5. The maximum Gasteiger partial charge on any atom is 0.277 e. The van der Waals surface area contributed by atoms with Gasteiger partial charge in [-0.3, -0.25) is 9.59 Å². The van der Waals surface area contributed by atoms with Crippen molar-refractivity contribution in [1.82, 2.24) is 14.9 Å². The summed E-state index contributed by atoms with van der Waals surface area (Å²) in [5.74, 6) is 0.511. The van der Waals surface area contributed by atoms with Gasteiger partial charge in [0.25, 0.3) is 5.91 Å². The zero-order valence-electron chi connectivity index (χ0n) is 16.4. The van der Waals surface area contributed by atoms with E-state index in [2.05, 4.69) is 20.2 Å². The molecule has 2 N–H and O–H groups in total. The Balaban J connectivity index is 1.42. The molecule has 148 valence electrons. The molecule has 1 fully saturated rings. The van der Waals surface area contributed by atoms with Crippen molar-refractivity contribution in [2.24, 2.45) is 0 Å². The molecule has 0 unspecified atom stereocenters. The predicted molar refractivity (Wildman–Crippen MR) is 107 cm³/mol. The SMILES string of the molecule is Cc1ccc(NC(=O)CN(C)C(=O)C[NH+]2CCN(c3ncccn3)CC2)cc1. The van der Waals surface area contributed by atoms with E-state index in [9.17, 15) is 9.59 Å². The minimum Gasteiger partial charge on any atom is -0.332 e. The molecule has 0 aliphatic carbocycles. The van der Waals surface area contributed by atoms with Gasteiger partial charge < -0.3 is 20.0 Å². The minimum absolute atomic E-state index is 0.0292.